The van der Waals surface area contributed by atoms with Crippen LogP contribution in [0.4, 0.5) is 0 Å². The number of aryl methyl sites for hydroxylation is 1. The predicted molar refractivity (Wildman–Crippen MR) is 54.8 cm³/mol. The van der Waals surface area contributed by atoms with Crippen LogP contribution in [0.1, 0.15) is 5.56 Å². The first-order valence-electron chi connectivity index (χ1n) is 2.96. The highest BCUT2D eigenvalue weighted by Gasteiger charge is 2.02. The quantitative estimate of drug-likeness (QED) is 0.317. The zero-order valence-electron chi connectivity index (χ0n) is 5.96. The van der Waals surface area contributed by atoms with Crippen molar-refractivity contribution in [3.8, 4) is 0 Å². The van der Waals surface area contributed by atoms with Gasteiger partial charge in [-0.25, -0.2) is 5.84 Å². The highest BCUT2D eigenvalue weighted by atomic mass is 32.2. The van der Waals surface area contributed by atoms with Gasteiger partial charge in [-0.1, -0.05) is 12.2 Å². The number of hydrazine groups is 1. The monoisotopic (exact) mass is 204 g/mol. The summed E-state index contributed by atoms with van der Waals surface area (Å²) >= 11 is 8.06. The molecule has 0 radical (unpaired) electrons. The van der Waals surface area contributed by atoms with Crippen molar-refractivity contribution >= 4 is 39.6 Å². The minimum atomic E-state index is 0.607. The van der Waals surface area contributed by atoms with E-state index in [-0.39, 0.29) is 0 Å². The summed E-state index contributed by atoms with van der Waals surface area (Å²) in [4.78, 5) is 0. The number of thiocarbonyl (C=S) groups is 1. The van der Waals surface area contributed by atoms with Gasteiger partial charge in [0.25, 0.3) is 0 Å². The van der Waals surface area contributed by atoms with Gasteiger partial charge < -0.3 is 5.43 Å². The summed E-state index contributed by atoms with van der Waals surface area (Å²) < 4.78 is 1.81. The van der Waals surface area contributed by atoms with E-state index in [1.54, 1.807) is 11.3 Å². The van der Waals surface area contributed by atoms with E-state index in [2.05, 4.69) is 18.4 Å². The Hall–Kier alpha value is -0.100. The minimum absolute atomic E-state index is 0.607. The summed E-state index contributed by atoms with van der Waals surface area (Å²) in [6, 6.07) is 2.06. The molecule has 0 spiro atoms. The molecule has 0 unspecified atom stereocenters. The molecule has 0 amide bonds. The molecule has 0 aromatic carbocycles. The normalized spacial score (nSPS) is 9.64. The van der Waals surface area contributed by atoms with Crippen LogP contribution < -0.4 is 11.3 Å². The predicted octanol–water partition coefficient (Wildman–Crippen LogP) is 1.90. The first-order chi connectivity index (χ1) is 5.24. The van der Waals surface area contributed by atoms with Crippen molar-refractivity contribution in [3.63, 3.8) is 0 Å². The van der Waals surface area contributed by atoms with E-state index in [0.29, 0.717) is 4.32 Å². The molecule has 0 saturated heterocycles. The molecule has 3 N–H and O–H groups in total. The molecule has 0 fully saturated rings. The van der Waals surface area contributed by atoms with E-state index in [4.69, 9.17) is 18.1 Å². The summed E-state index contributed by atoms with van der Waals surface area (Å²) in [5, 5.41) is 2.04. The second-order valence-corrected chi connectivity index (χ2v) is 4.79. The topological polar surface area (TPSA) is 38.0 Å². The fraction of sp³-hybridized carbons (Fsp3) is 0.167. The molecule has 1 heterocycles. The molecule has 11 heavy (non-hydrogen) atoms. The summed E-state index contributed by atoms with van der Waals surface area (Å²) in [5.41, 5.74) is 3.68. The van der Waals surface area contributed by atoms with Crippen LogP contribution in [0.5, 0.6) is 0 Å². The lowest BCUT2D eigenvalue weighted by atomic mass is 10.4. The van der Waals surface area contributed by atoms with Gasteiger partial charge in [-0.15, -0.1) is 11.3 Å². The van der Waals surface area contributed by atoms with Crippen LogP contribution in [0.2, 0.25) is 0 Å². The first kappa shape index (κ1) is 8.99. The second kappa shape index (κ2) is 4.06. The Morgan fingerprint density at radius 3 is 3.00 bits per heavy atom. The van der Waals surface area contributed by atoms with Gasteiger partial charge in [0, 0.05) is 0 Å². The zero-order chi connectivity index (χ0) is 8.27. The molecule has 1 aromatic rings. The molecule has 2 nitrogen and oxygen atoms in total. The number of thioether (sulfide) groups is 1. The van der Waals surface area contributed by atoms with Crippen molar-refractivity contribution in [1.82, 2.24) is 5.43 Å². The number of hydrogen-bond donors (Lipinski definition) is 2. The first-order valence-corrected chi connectivity index (χ1v) is 5.07. The number of thiophene rings is 1. The van der Waals surface area contributed by atoms with Crippen LogP contribution in [0.3, 0.4) is 0 Å². The van der Waals surface area contributed by atoms with Gasteiger partial charge in [0.2, 0.25) is 0 Å². The largest absolute Gasteiger partial charge is 0.309 e. The van der Waals surface area contributed by atoms with Gasteiger partial charge in [-0.2, -0.15) is 0 Å². The summed E-state index contributed by atoms with van der Waals surface area (Å²) in [6.07, 6.45) is 0. The van der Waals surface area contributed by atoms with E-state index < -0.39 is 0 Å². The average molecular weight is 204 g/mol. The van der Waals surface area contributed by atoms with Crippen molar-refractivity contribution < 1.29 is 0 Å². The maximum Gasteiger partial charge on any atom is 0.153 e. The Balaban J connectivity index is 2.64. The highest BCUT2D eigenvalue weighted by Crippen LogP contribution is 2.28. The summed E-state index contributed by atoms with van der Waals surface area (Å²) in [5.74, 6) is 5.13. The number of hydrogen-bond acceptors (Lipinski definition) is 4. The Bertz CT molecular complexity index is 256. The maximum absolute atomic E-state index is 5.13. The van der Waals surface area contributed by atoms with E-state index in [0.717, 1.165) is 0 Å². The summed E-state index contributed by atoms with van der Waals surface area (Å²) in [7, 11) is 0. The molecule has 5 heteroatoms. The van der Waals surface area contributed by atoms with Gasteiger partial charge >= 0.3 is 0 Å². The lowest BCUT2D eigenvalue weighted by molar-refractivity contribution is 1.07. The van der Waals surface area contributed by atoms with E-state index >= 15 is 0 Å². The second-order valence-electron chi connectivity index (χ2n) is 1.92. The average Bonchev–Trinajstić information content (AvgIpc) is 2.37. The van der Waals surface area contributed by atoms with Gasteiger partial charge in [0.05, 0.1) is 4.21 Å². The molecule has 1 rings (SSSR count). The molecular formula is C6H8N2S3. The third-order valence-corrected chi connectivity index (χ3v) is 3.64. The van der Waals surface area contributed by atoms with Gasteiger partial charge in [-0.05, 0) is 35.7 Å². The van der Waals surface area contributed by atoms with Crippen molar-refractivity contribution in [2.75, 3.05) is 0 Å². The standard InChI is InChI=1S/C6H8N2S3/c1-4-2-3-10-5(4)11-6(9)8-7/h2-3H,7H2,1H3,(H,8,9). The Morgan fingerprint density at radius 1 is 1.82 bits per heavy atom. The molecule has 0 saturated carbocycles. The summed E-state index contributed by atoms with van der Waals surface area (Å²) in [6.45, 7) is 2.05. The van der Waals surface area contributed by atoms with Gasteiger partial charge in [0.1, 0.15) is 0 Å². The van der Waals surface area contributed by atoms with Crippen LogP contribution in [0.25, 0.3) is 0 Å². The van der Waals surface area contributed by atoms with Crippen LogP contribution in [0, 0.1) is 6.92 Å². The number of nitrogens with one attached hydrogen (secondary N) is 1. The molecule has 60 valence electrons. The molecule has 0 aliphatic heterocycles. The molecular weight excluding hydrogens is 196 g/mol. The minimum Gasteiger partial charge on any atom is -0.309 e. The van der Waals surface area contributed by atoms with Crippen molar-refractivity contribution in [2.24, 2.45) is 5.84 Å². The maximum atomic E-state index is 5.13. The van der Waals surface area contributed by atoms with E-state index in [1.807, 2.05) is 5.38 Å². The number of nitrogens with two attached hydrogens (primary N) is 1. The lowest BCUT2D eigenvalue weighted by Gasteiger charge is -1.99. The van der Waals surface area contributed by atoms with Gasteiger partial charge in [-0.3, -0.25) is 0 Å². The van der Waals surface area contributed by atoms with Crippen LogP contribution in [-0.4, -0.2) is 4.32 Å². The number of rotatable bonds is 1. The Labute approximate surface area is 79.1 Å². The SMILES string of the molecule is Cc1ccsc1SC(=S)NN. The van der Waals surface area contributed by atoms with Crippen molar-refractivity contribution in [1.29, 1.82) is 0 Å². The molecule has 1 aromatic heterocycles. The van der Waals surface area contributed by atoms with Crippen LogP contribution in [0.15, 0.2) is 15.7 Å². The zero-order valence-corrected chi connectivity index (χ0v) is 8.41. The Kier molecular flexibility index (Phi) is 3.32. The third-order valence-electron chi connectivity index (χ3n) is 1.12. The Morgan fingerprint density at radius 2 is 2.55 bits per heavy atom. The van der Waals surface area contributed by atoms with E-state index in [1.165, 1.54) is 21.5 Å². The van der Waals surface area contributed by atoms with Crippen LogP contribution >= 0.6 is 35.3 Å². The van der Waals surface area contributed by atoms with Crippen molar-refractivity contribution in [3.05, 3.63) is 17.0 Å². The fourth-order valence-corrected chi connectivity index (χ4v) is 2.70. The molecule has 0 aliphatic rings. The van der Waals surface area contributed by atoms with E-state index in [9.17, 15) is 0 Å². The van der Waals surface area contributed by atoms with Gasteiger partial charge in [0.15, 0.2) is 4.32 Å². The molecule has 0 aliphatic carbocycles. The fourth-order valence-electron chi connectivity index (χ4n) is 0.577. The smallest absolute Gasteiger partial charge is 0.153 e. The lowest BCUT2D eigenvalue weighted by Crippen LogP contribution is -2.25. The van der Waals surface area contributed by atoms with Crippen molar-refractivity contribution in [2.45, 2.75) is 11.1 Å². The molecule has 0 atom stereocenters. The highest BCUT2D eigenvalue weighted by molar-refractivity contribution is 8.23. The molecule has 0 bridgehead atoms. The van der Waals surface area contributed by atoms with Crippen LogP contribution in [-0.2, 0) is 0 Å². The third kappa shape index (κ3) is 2.44.